The van der Waals surface area contributed by atoms with Gasteiger partial charge in [0.05, 0.1) is 17.2 Å². The van der Waals surface area contributed by atoms with Crippen LogP contribution >= 0.6 is 0 Å². The van der Waals surface area contributed by atoms with Crippen LogP contribution in [-0.2, 0) is 4.79 Å². The van der Waals surface area contributed by atoms with Crippen molar-refractivity contribution in [2.24, 2.45) is 0 Å². The molecule has 1 atom stereocenters. The number of carbonyl (C=O) groups is 1. The van der Waals surface area contributed by atoms with E-state index in [1.54, 1.807) is 29.1 Å². The summed E-state index contributed by atoms with van der Waals surface area (Å²) in [5.41, 5.74) is 0.576. The van der Waals surface area contributed by atoms with Crippen LogP contribution in [0, 0.1) is 10.1 Å². The van der Waals surface area contributed by atoms with Crippen molar-refractivity contribution >= 4 is 23.5 Å². The zero-order valence-electron chi connectivity index (χ0n) is 13.0. The standard InChI is InChI=1S/C16H18N4O3/c1-3-12(2)19-15(9-10-17-19)18-16(21)8-7-13-5-4-6-14(11-13)20(22)23/h4-12H,3H2,1-2H3,(H,18,21)/b8-7+. The van der Waals surface area contributed by atoms with E-state index in [1.807, 2.05) is 13.8 Å². The number of hydrogen-bond donors (Lipinski definition) is 1. The van der Waals surface area contributed by atoms with Gasteiger partial charge < -0.3 is 5.32 Å². The van der Waals surface area contributed by atoms with Gasteiger partial charge in [0.2, 0.25) is 5.91 Å². The zero-order chi connectivity index (χ0) is 16.8. The highest BCUT2D eigenvalue weighted by Gasteiger charge is 2.10. The van der Waals surface area contributed by atoms with Gasteiger partial charge in [-0.1, -0.05) is 19.1 Å². The summed E-state index contributed by atoms with van der Waals surface area (Å²) in [7, 11) is 0. The highest BCUT2D eigenvalue weighted by Crippen LogP contribution is 2.17. The molecule has 23 heavy (non-hydrogen) atoms. The number of non-ortho nitro benzene ring substituents is 1. The summed E-state index contributed by atoms with van der Waals surface area (Å²) in [4.78, 5) is 22.2. The zero-order valence-corrected chi connectivity index (χ0v) is 13.0. The predicted molar refractivity (Wildman–Crippen MR) is 88.0 cm³/mol. The lowest BCUT2D eigenvalue weighted by molar-refractivity contribution is -0.384. The number of anilines is 1. The van der Waals surface area contributed by atoms with Crippen LogP contribution in [0.4, 0.5) is 11.5 Å². The molecule has 0 saturated heterocycles. The third kappa shape index (κ3) is 4.26. The molecule has 1 aromatic carbocycles. The van der Waals surface area contributed by atoms with Crippen molar-refractivity contribution in [2.75, 3.05) is 5.32 Å². The number of nitro groups is 1. The minimum absolute atomic E-state index is 0.0117. The third-order valence-electron chi connectivity index (χ3n) is 3.44. The fraction of sp³-hybridized carbons (Fsp3) is 0.250. The van der Waals surface area contributed by atoms with Crippen molar-refractivity contribution in [3.05, 3.63) is 58.3 Å². The lowest BCUT2D eigenvalue weighted by Gasteiger charge is -2.13. The molecule has 0 spiro atoms. The second-order valence-electron chi connectivity index (χ2n) is 5.09. The van der Waals surface area contributed by atoms with E-state index in [0.717, 1.165) is 6.42 Å². The molecule has 0 aliphatic rings. The highest BCUT2D eigenvalue weighted by atomic mass is 16.6. The van der Waals surface area contributed by atoms with E-state index in [4.69, 9.17) is 0 Å². The van der Waals surface area contributed by atoms with Crippen LogP contribution in [0.1, 0.15) is 31.9 Å². The van der Waals surface area contributed by atoms with Crippen LogP contribution in [0.3, 0.4) is 0 Å². The molecule has 1 aromatic heterocycles. The molecule has 120 valence electrons. The minimum Gasteiger partial charge on any atom is -0.307 e. The fourth-order valence-electron chi connectivity index (χ4n) is 2.02. The second kappa shape index (κ2) is 7.35. The number of aromatic nitrogens is 2. The SMILES string of the molecule is CCC(C)n1nccc1NC(=O)/C=C/c1cccc([N+](=O)[O-])c1. The molecule has 0 radical (unpaired) electrons. The number of rotatable bonds is 6. The molecule has 0 bridgehead atoms. The average Bonchev–Trinajstić information content (AvgIpc) is 3.00. The summed E-state index contributed by atoms with van der Waals surface area (Å²) in [6.45, 7) is 4.06. The molecule has 1 amide bonds. The van der Waals surface area contributed by atoms with Crippen molar-refractivity contribution in [2.45, 2.75) is 26.3 Å². The maximum absolute atomic E-state index is 12.0. The smallest absolute Gasteiger partial charge is 0.270 e. The molecule has 0 saturated carbocycles. The van der Waals surface area contributed by atoms with E-state index in [-0.39, 0.29) is 17.6 Å². The molecule has 0 aliphatic carbocycles. The number of hydrogen-bond acceptors (Lipinski definition) is 4. The first-order valence-corrected chi connectivity index (χ1v) is 7.28. The van der Waals surface area contributed by atoms with Crippen LogP contribution in [0.5, 0.6) is 0 Å². The van der Waals surface area contributed by atoms with E-state index in [0.29, 0.717) is 11.4 Å². The van der Waals surface area contributed by atoms with Crippen molar-refractivity contribution < 1.29 is 9.72 Å². The van der Waals surface area contributed by atoms with Gasteiger partial charge in [0.15, 0.2) is 0 Å². The first-order chi connectivity index (χ1) is 11.0. The molecular formula is C16H18N4O3. The Morgan fingerprint density at radius 3 is 2.96 bits per heavy atom. The molecule has 0 aliphatic heterocycles. The summed E-state index contributed by atoms with van der Waals surface area (Å²) in [6, 6.07) is 8.00. The number of carbonyl (C=O) groups excluding carboxylic acids is 1. The van der Waals surface area contributed by atoms with E-state index < -0.39 is 4.92 Å². The Labute approximate surface area is 133 Å². The molecule has 1 unspecified atom stereocenters. The first kappa shape index (κ1) is 16.4. The Balaban J connectivity index is 2.06. The topological polar surface area (TPSA) is 90.1 Å². The molecule has 0 fully saturated rings. The predicted octanol–water partition coefficient (Wildman–Crippen LogP) is 3.41. The van der Waals surface area contributed by atoms with E-state index >= 15 is 0 Å². The van der Waals surface area contributed by atoms with Gasteiger partial charge >= 0.3 is 0 Å². The Morgan fingerprint density at radius 2 is 2.26 bits per heavy atom. The molecule has 2 aromatic rings. The van der Waals surface area contributed by atoms with Crippen LogP contribution in [0.25, 0.3) is 6.08 Å². The van der Waals surface area contributed by atoms with Crippen molar-refractivity contribution in [1.82, 2.24) is 9.78 Å². The van der Waals surface area contributed by atoms with Gasteiger partial charge in [-0.05, 0) is 25.0 Å². The second-order valence-corrected chi connectivity index (χ2v) is 5.09. The molecule has 2 rings (SSSR count). The molecular weight excluding hydrogens is 296 g/mol. The van der Waals surface area contributed by atoms with E-state index in [2.05, 4.69) is 10.4 Å². The molecule has 7 heteroatoms. The number of nitrogens with zero attached hydrogens (tertiary/aromatic N) is 3. The summed E-state index contributed by atoms with van der Waals surface area (Å²) >= 11 is 0. The van der Waals surface area contributed by atoms with E-state index in [9.17, 15) is 14.9 Å². The summed E-state index contributed by atoms with van der Waals surface area (Å²) < 4.78 is 1.75. The quantitative estimate of drug-likeness (QED) is 0.502. The third-order valence-corrected chi connectivity index (χ3v) is 3.44. The van der Waals surface area contributed by atoms with Crippen molar-refractivity contribution in [1.29, 1.82) is 0 Å². The monoisotopic (exact) mass is 314 g/mol. The number of nitrogens with one attached hydrogen (secondary N) is 1. The first-order valence-electron chi connectivity index (χ1n) is 7.28. The molecule has 1 N–H and O–H groups in total. The Morgan fingerprint density at radius 1 is 1.48 bits per heavy atom. The van der Waals surface area contributed by atoms with Crippen LogP contribution in [0.15, 0.2) is 42.6 Å². The molecule has 1 heterocycles. The lowest BCUT2D eigenvalue weighted by atomic mass is 10.2. The maximum Gasteiger partial charge on any atom is 0.270 e. The van der Waals surface area contributed by atoms with Gasteiger partial charge in [0.1, 0.15) is 5.82 Å². The van der Waals surface area contributed by atoms with Gasteiger partial charge in [-0.15, -0.1) is 0 Å². The average molecular weight is 314 g/mol. The van der Waals surface area contributed by atoms with Crippen molar-refractivity contribution in [3.63, 3.8) is 0 Å². The number of benzene rings is 1. The largest absolute Gasteiger partial charge is 0.307 e. The van der Waals surface area contributed by atoms with Gasteiger partial charge in [-0.2, -0.15) is 5.10 Å². The number of nitro benzene ring substituents is 1. The normalized spacial score (nSPS) is 12.3. The van der Waals surface area contributed by atoms with Gasteiger partial charge in [-0.3, -0.25) is 14.9 Å². The lowest BCUT2D eigenvalue weighted by Crippen LogP contribution is -2.15. The molecule has 7 nitrogen and oxygen atoms in total. The Kier molecular flexibility index (Phi) is 5.24. The van der Waals surface area contributed by atoms with Crippen molar-refractivity contribution in [3.8, 4) is 0 Å². The maximum atomic E-state index is 12.0. The minimum atomic E-state index is -0.470. The summed E-state index contributed by atoms with van der Waals surface area (Å²) in [6.07, 6.45) is 5.40. The van der Waals surface area contributed by atoms with Gasteiger partial charge in [-0.25, -0.2) is 4.68 Å². The van der Waals surface area contributed by atoms with Crippen LogP contribution < -0.4 is 5.32 Å². The fourth-order valence-corrected chi connectivity index (χ4v) is 2.02. The Hall–Kier alpha value is -2.96. The summed E-state index contributed by atoms with van der Waals surface area (Å²) in [5, 5.41) is 17.7. The van der Waals surface area contributed by atoms with Crippen LogP contribution in [0.2, 0.25) is 0 Å². The van der Waals surface area contributed by atoms with Gasteiger partial charge in [0, 0.05) is 24.3 Å². The number of amides is 1. The van der Waals surface area contributed by atoms with Gasteiger partial charge in [0.25, 0.3) is 5.69 Å². The highest BCUT2D eigenvalue weighted by molar-refractivity contribution is 6.01. The Bertz CT molecular complexity index is 736. The van der Waals surface area contributed by atoms with Crippen LogP contribution in [-0.4, -0.2) is 20.6 Å². The summed E-state index contributed by atoms with van der Waals surface area (Å²) in [5.74, 6) is 0.301. The van der Waals surface area contributed by atoms with E-state index in [1.165, 1.54) is 24.3 Å².